The Morgan fingerprint density at radius 2 is 2.07 bits per heavy atom. The van der Waals surface area contributed by atoms with Gasteiger partial charge >= 0.3 is 0 Å². The second-order valence-electron chi connectivity index (χ2n) is 3.65. The molecule has 3 N–H and O–H groups in total. The van der Waals surface area contributed by atoms with Crippen molar-refractivity contribution in [3.8, 4) is 0 Å². The Hall–Kier alpha value is -1.51. The molecular formula is C11H15N3. The highest BCUT2D eigenvalue weighted by Crippen LogP contribution is 2.30. The fourth-order valence-corrected chi connectivity index (χ4v) is 2.08. The van der Waals surface area contributed by atoms with Crippen LogP contribution in [0.2, 0.25) is 0 Å². The molecule has 0 amide bonds. The molecule has 1 aromatic rings. The van der Waals surface area contributed by atoms with E-state index in [1.54, 1.807) is 0 Å². The zero-order valence-electron chi connectivity index (χ0n) is 8.11. The standard InChI is InChI=1S/C11H15N3/c12-11(13)14-8-4-7-10(14)9-5-2-1-3-6-9/h1-3,5-6,10H,4,7-8H2,(H3,12,13). The summed E-state index contributed by atoms with van der Waals surface area (Å²) in [6.07, 6.45) is 2.22. The van der Waals surface area contributed by atoms with Crippen molar-refractivity contribution in [3.63, 3.8) is 0 Å². The monoisotopic (exact) mass is 189 g/mol. The number of hydrogen-bond donors (Lipinski definition) is 2. The summed E-state index contributed by atoms with van der Waals surface area (Å²) in [6, 6.07) is 10.6. The van der Waals surface area contributed by atoms with E-state index < -0.39 is 0 Å². The van der Waals surface area contributed by atoms with Crippen LogP contribution in [0, 0.1) is 5.41 Å². The lowest BCUT2D eigenvalue weighted by molar-refractivity contribution is 0.393. The highest BCUT2D eigenvalue weighted by molar-refractivity contribution is 5.75. The molecule has 1 saturated heterocycles. The Labute approximate surface area is 84.0 Å². The summed E-state index contributed by atoms with van der Waals surface area (Å²) in [5, 5.41) is 7.48. The maximum Gasteiger partial charge on any atom is 0.188 e. The van der Waals surface area contributed by atoms with E-state index in [9.17, 15) is 0 Å². The maximum absolute atomic E-state index is 7.48. The summed E-state index contributed by atoms with van der Waals surface area (Å²) in [4.78, 5) is 1.97. The first-order chi connectivity index (χ1) is 6.79. The predicted octanol–water partition coefficient (Wildman–Crippen LogP) is 1.72. The molecular weight excluding hydrogens is 174 g/mol. The third kappa shape index (κ3) is 1.58. The van der Waals surface area contributed by atoms with Gasteiger partial charge in [0.05, 0.1) is 6.04 Å². The van der Waals surface area contributed by atoms with Gasteiger partial charge in [-0.15, -0.1) is 0 Å². The molecule has 0 bridgehead atoms. The zero-order chi connectivity index (χ0) is 9.97. The van der Waals surface area contributed by atoms with Crippen LogP contribution < -0.4 is 5.73 Å². The smallest absolute Gasteiger partial charge is 0.188 e. The zero-order valence-corrected chi connectivity index (χ0v) is 8.11. The number of nitrogens with one attached hydrogen (secondary N) is 1. The fraction of sp³-hybridized carbons (Fsp3) is 0.364. The van der Waals surface area contributed by atoms with Crippen molar-refractivity contribution in [2.45, 2.75) is 18.9 Å². The SMILES string of the molecule is N=C(N)N1CCCC1c1ccccc1. The van der Waals surface area contributed by atoms with Crippen LogP contribution in [-0.2, 0) is 0 Å². The minimum absolute atomic E-state index is 0.191. The molecule has 1 aliphatic rings. The first kappa shape index (κ1) is 9.06. The van der Waals surface area contributed by atoms with Gasteiger partial charge in [0.2, 0.25) is 0 Å². The van der Waals surface area contributed by atoms with Gasteiger partial charge < -0.3 is 10.6 Å². The molecule has 0 radical (unpaired) electrons. The summed E-state index contributed by atoms with van der Waals surface area (Å²) < 4.78 is 0. The van der Waals surface area contributed by atoms with Crippen molar-refractivity contribution < 1.29 is 0 Å². The van der Waals surface area contributed by atoms with Gasteiger partial charge in [-0.25, -0.2) is 0 Å². The molecule has 0 spiro atoms. The van der Waals surface area contributed by atoms with Crippen molar-refractivity contribution in [3.05, 3.63) is 35.9 Å². The van der Waals surface area contributed by atoms with Crippen LogP contribution >= 0.6 is 0 Å². The van der Waals surface area contributed by atoms with Crippen LogP contribution in [0.25, 0.3) is 0 Å². The van der Waals surface area contributed by atoms with Crippen LogP contribution in [0.15, 0.2) is 30.3 Å². The summed E-state index contributed by atoms with van der Waals surface area (Å²) >= 11 is 0. The van der Waals surface area contributed by atoms with E-state index in [0.29, 0.717) is 6.04 Å². The average molecular weight is 189 g/mol. The summed E-state index contributed by atoms with van der Waals surface area (Å²) in [7, 11) is 0. The molecule has 2 rings (SSSR count). The van der Waals surface area contributed by atoms with E-state index in [0.717, 1.165) is 19.4 Å². The maximum atomic E-state index is 7.48. The highest BCUT2D eigenvalue weighted by atomic mass is 15.3. The second-order valence-corrected chi connectivity index (χ2v) is 3.65. The van der Waals surface area contributed by atoms with Gasteiger partial charge in [0.25, 0.3) is 0 Å². The van der Waals surface area contributed by atoms with Crippen LogP contribution in [-0.4, -0.2) is 17.4 Å². The second kappa shape index (κ2) is 3.70. The molecule has 3 nitrogen and oxygen atoms in total. The molecule has 3 heteroatoms. The number of benzene rings is 1. The predicted molar refractivity (Wildman–Crippen MR) is 57.0 cm³/mol. The minimum Gasteiger partial charge on any atom is -0.370 e. The molecule has 1 unspecified atom stereocenters. The number of nitrogens with zero attached hydrogens (tertiary/aromatic N) is 1. The minimum atomic E-state index is 0.191. The molecule has 0 saturated carbocycles. The van der Waals surface area contributed by atoms with Crippen molar-refractivity contribution in [1.82, 2.24) is 4.90 Å². The molecule has 1 atom stereocenters. The molecule has 14 heavy (non-hydrogen) atoms. The van der Waals surface area contributed by atoms with Gasteiger partial charge in [0.1, 0.15) is 0 Å². The highest BCUT2D eigenvalue weighted by Gasteiger charge is 2.26. The first-order valence-corrected chi connectivity index (χ1v) is 4.94. The van der Waals surface area contributed by atoms with E-state index in [-0.39, 0.29) is 5.96 Å². The van der Waals surface area contributed by atoms with Crippen molar-refractivity contribution in [2.24, 2.45) is 5.73 Å². The summed E-state index contributed by atoms with van der Waals surface area (Å²) in [5.41, 5.74) is 6.80. The lowest BCUT2D eigenvalue weighted by Crippen LogP contribution is -2.35. The molecule has 1 fully saturated rings. The van der Waals surface area contributed by atoms with Gasteiger partial charge in [0.15, 0.2) is 5.96 Å². The van der Waals surface area contributed by atoms with Crippen molar-refractivity contribution >= 4 is 5.96 Å². The molecule has 1 aromatic carbocycles. The molecule has 74 valence electrons. The number of hydrogen-bond acceptors (Lipinski definition) is 1. The van der Waals surface area contributed by atoms with Gasteiger partial charge in [-0.1, -0.05) is 30.3 Å². The molecule has 0 aliphatic carbocycles. The molecule has 1 aliphatic heterocycles. The lowest BCUT2D eigenvalue weighted by atomic mass is 10.1. The van der Waals surface area contributed by atoms with E-state index in [2.05, 4.69) is 12.1 Å². The number of guanidine groups is 1. The number of nitrogens with two attached hydrogens (primary N) is 1. The van der Waals surface area contributed by atoms with E-state index >= 15 is 0 Å². The van der Waals surface area contributed by atoms with E-state index in [4.69, 9.17) is 11.1 Å². The van der Waals surface area contributed by atoms with Gasteiger partial charge in [0, 0.05) is 6.54 Å². The Morgan fingerprint density at radius 3 is 2.71 bits per heavy atom. The fourth-order valence-electron chi connectivity index (χ4n) is 2.08. The largest absolute Gasteiger partial charge is 0.370 e. The van der Waals surface area contributed by atoms with Crippen LogP contribution in [0.3, 0.4) is 0 Å². The topological polar surface area (TPSA) is 53.1 Å². The van der Waals surface area contributed by atoms with Crippen molar-refractivity contribution in [1.29, 1.82) is 5.41 Å². The van der Waals surface area contributed by atoms with Crippen LogP contribution in [0.1, 0.15) is 24.4 Å². The average Bonchev–Trinajstić information content (AvgIpc) is 2.67. The third-order valence-electron chi connectivity index (χ3n) is 2.75. The number of likely N-dealkylation sites (tertiary alicyclic amines) is 1. The first-order valence-electron chi connectivity index (χ1n) is 4.94. The molecule has 1 heterocycles. The van der Waals surface area contributed by atoms with E-state index in [1.165, 1.54) is 5.56 Å². The number of rotatable bonds is 1. The Balaban J connectivity index is 2.22. The normalized spacial score (nSPS) is 21.1. The Morgan fingerprint density at radius 1 is 1.36 bits per heavy atom. The van der Waals surface area contributed by atoms with Gasteiger partial charge in [-0.3, -0.25) is 5.41 Å². The van der Waals surface area contributed by atoms with Gasteiger partial charge in [-0.05, 0) is 18.4 Å². The van der Waals surface area contributed by atoms with Crippen molar-refractivity contribution in [2.75, 3.05) is 6.54 Å². The molecule has 0 aromatic heterocycles. The lowest BCUT2D eigenvalue weighted by Gasteiger charge is -2.24. The summed E-state index contributed by atoms with van der Waals surface area (Å²) in [5.74, 6) is 0.191. The quantitative estimate of drug-likeness (QED) is 0.522. The Bertz CT molecular complexity index is 321. The van der Waals surface area contributed by atoms with Crippen LogP contribution in [0.4, 0.5) is 0 Å². The Kier molecular flexibility index (Phi) is 2.39. The summed E-state index contributed by atoms with van der Waals surface area (Å²) in [6.45, 7) is 0.912. The third-order valence-corrected chi connectivity index (χ3v) is 2.75. The van der Waals surface area contributed by atoms with Crippen LogP contribution in [0.5, 0.6) is 0 Å². The van der Waals surface area contributed by atoms with E-state index in [1.807, 2.05) is 23.1 Å². The van der Waals surface area contributed by atoms with Gasteiger partial charge in [-0.2, -0.15) is 0 Å².